The van der Waals surface area contributed by atoms with Gasteiger partial charge in [0.2, 0.25) is 5.91 Å². The van der Waals surface area contributed by atoms with Crippen LogP contribution < -0.4 is 5.32 Å². The number of benzene rings is 1. The van der Waals surface area contributed by atoms with Crippen LogP contribution in [-0.4, -0.2) is 30.1 Å². The van der Waals surface area contributed by atoms with Gasteiger partial charge in [-0.2, -0.15) is 18.3 Å². The number of nitrogens with zero attached hydrogens (tertiary/aromatic N) is 5. The molecule has 0 radical (unpaired) electrons. The maximum absolute atomic E-state index is 13.5. The van der Waals surface area contributed by atoms with Crippen LogP contribution in [0.4, 0.5) is 18.9 Å². The summed E-state index contributed by atoms with van der Waals surface area (Å²) in [5.41, 5.74) is 2.37. The van der Waals surface area contributed by atoms with Crippen LogP contribution in [0.5, 0.6) is 0 Å². The molecule has 4 aromatic rings. The molecule has 3 aromatic heterocycles. The van der Waals surface area contributed by atoms with E-state index < -0.39 is 23.6 Å². The minimum absolute atomic E-state index is 0.0447. The summed E-state index contributed by atoms with van der Waals surface area (Å²) in [5, 5.41) is 6.85. The highest BCUT2D eigenvalue weighted by Gasteiger charge is 2.32. The maximum atomic E-state index is 13.5. The predicted molar refractivity (Wildman–Crippen MR) is 127 cm³/mol. The van der Waals surface area contributed by atoms with E-state index in [2.05, 4.69) is 32.2 Å². The second kappa shape index (κ2) is 9.19. The highest BCUT2D eigenvalue weighted by molar-refractivity contribution is 5.94. The van der Waals surface area contributed by atoms with Gasteiger partial charge < -0.3 is 9.88 Å². The number of hydrogen-bond donors (Lipinski definition) is 1. The van der Waals surface area contributed by atoms with Gasteiger partial charge in [-0.25, -0.2) is 14.5 Å². The van der Waals surface area contributed by atoms with Gasteiger partial charge in [0.25, 0.3) is 0 Å². The fourth-order valence-corrected chi connectivity index (χ4v) is 3.84. The van der Waals surface area contributed by atoms with Crippen molar-refractivity contribution in [3.63, 3.8) is 0 Å². The van der Waals surface area contributed by atoms with Gasteiger partial charge in [-0.1, -0.05) is 24.0 Å². The highest BCUT2D eigenvalue weighted by atomic mass is 19.4. The Bertz CT molecular complexity index is 1570. The fraction of sp³-hybridized carbons (Fsp3) is 0.154. The third kappa shape index (κ3) is 4.77. The van der Waals surface area contributed by atoms with Crippen molar-refractivity contribution in [1.29, 1.82) is 0 Å². The van der Waals surface area contributed by atoms with Gasteiger partial charge >= 0.3 is 6.18 Å². The molecule has 0 saturated carbocycles. The number of anilines is 1. The Kier molecular flexibility index (Phi) is 5.90. The molecule has 36 heavy (non-hydrogen) atoms. The van der Waals surface area contributed by atoms with Crippen molar-refractivity contribution >= 4 is 17.2 Å². The van der Waals surface area contributed by atoms with Gasteiger partial charge in [0, 0.05) is 41.7 Å². The number of allylic oxidation sites excluding steroid dienone is 3. The second-order valence-corrected chi connectivity index (χ2v) is 8.25. The van der Waals surface area contributed by atoms with Gasteiger partial charge in [0.05, 0.1) is 29.6 Å². The number of carbonyl (C=O) groups excluding carboxylic acids is 1. The number of imidazole rings is 1. The SMILES string of the molecule is CC1=C(C#Cc2cnn3cccnc23)CC(C(=O)Nc2cc(-n3ccnc3)cc(C(F)(F)F)c2)C=C1. The van der Waals surface area contributed by atoms with E-state index in [9.17, 15) is 18.0 Å². The van der Waals surface area contributed by atoms with Crippen LogP contribution in [0.3, 0.4) is 0 Å². The van der Waals surface area contributed by atoms with Crippen molar-refractivity contribution in [3.8, 4) is 17.5 Å². The number of fused-ring (bicyclic) bond motifs is 1. The normalized spacial score (nSPS) is 15.6. The number of amides is 1. The first-order valence-corrected chi connectivity index (χ1v) is 11.0. The van der Waals surface area contributed by atoms with E-state index in [1.165, 1.54) is 29.4 Å². The van der Waals surface area contributed by atoms with Crippen LogP contribution >= 0.6 is 0 Å². The zero-order chi connectivity index (χ0) is 25.3. The van der Waals surface area contributed by atoms with E-state index in [0.29, 0.717) is 17.6 Å². The minimum Gasteiger partial charge on any atom is -0.325 e. The van der Waals surface area contributed by atoms with Gasteiger partial charge in [0.15, 0.2) is 5.65 Å². The lowest BCUT2D eigenvalue weighted by Crippen LogP contribution is -2.23. The van der Waals surface area contributed by atoms with Crippen molar-refractivity contribution in [3.05, 3.63) is 96.0 Å². The van der Waals surface area contributed by atoms with E-state index in [1.807, 2.05) is 6.92 Å². The molecule has 1 aliphatic rings. The van der Waals surface area contributed by atoms with Crippen LogP contribution in [-0.2, 0) is 11.0 Å². The Morgan fingerprint density at radius 1 is 1.17 bits per heavy atom. The highest BCUT2D eigenvalue weighted by Crippen LogP contribution is 2.33. The fourth-order valence-electron chi connectivity index (χ4n) is 3.84. The van der Waals surface area contributed by atoms with Crippen molar-refractivity contribution in [1.82, 2.24) is 24.1 Å². The van der Waals surface area contributed by atoms with E-state index in [1.54, 1.807) is 41.3 Å². The van der Waals surface area contributed by atoms with Crippen LogP contribution in [0.1, 0.15) is 24.5 Å². The molecule has 0 aliphatic heterocycles. The summed E-state index contributed by atoms with van der Waals surface area (Å²) in [7, 11) is 0. The van der Waals surface area contributed by atoms with Gasteiger partial charge in [0.1, 0.15) is 0 Å². The smallest absolute Gasteiger partial charge is 0.325 e. The summed E-state index contributed by atoms with van der Waals surface area (Å²) >= 11 is 0. The Morgan fingerprint density at radius 2 is 2.03 bits per heavy atom. The second-order valence-electron chi connectivity index (χ2n) is 8.25. The van der Waals surface area contributed by atoms with Crippen molar-refractivity contribution in [2.75, 3.05) is 5.32 Å². The lowest BCUT2D eigenvalue weighted by Gasteiger charge is -2.19. The number of halogens is 3. The molecule has 1 atom stereocenters. The summed E-state index contributed by atoms with van der Waals surface area (Å²) in [6.45, 7) is 1.90. The standard InChI is InChI=1S/C26H19F3N6O/c1-17-3-4-19(11-18(17)5-6-20-15-32-35-9-2-7-31-24(20)35)25(36)33-22-12-21(26(27,28)29)13-23(14-22)34-10-8-30-16-34/h2-4,7-10,12-16,19H,11H2,1H3,(H,33,36). The van der Waals surface area contributed by atoms with Crippen LogP contribution in [0, 0.1) is 17.8 Å². The Balaban J connectivity index is 1.36. The zero-order valence-electron chi connectivity index (χ0n) is 19.0. The van der Waals surface area contributed by atoms with E-state index in [-0.39, 0.29) is 11.4 Å². The lowest BCUT2D eigenvalue weighted by atomic mass is 9.89. The van der Waals surface area contributed by atoms with Crippen LogP contribution in [0.25, 0.3) is 11.3 Å². The molecular weight excluding hydrogens is 469 g/mol. The molecule has 10 heteroatoms. The molecule has 3 heterocycles. The summed E-state index contributed by atoms with van der Waals surface area (Å²) < 4.78 is 43.5. The number of rotatable bonds is 3. The molecule has 7 nitrogen and oxygen atoms in total. The molecular formula is C26H19F3N6O. The molecule has 1 N–H and O–H groups in total. The van der Waals surface area contributed by atoms with Crippen molar-refractivity contribution in [2.45, 2.75) is 19.5 Å². The summed E-state index contributed by atoms with van der Waals surface area (Å²) in [4.78, 5) is 21.2. The number of carbonyl (C=O) groups is 1. The van der Waals surface area contributed by atoms with E-state index in [0.717, 1.165) is 23.3 Å². The average molecular weight is 488 g/mol. The van der Waals surface area contributed by atoms with Gasteiger partial charge in [-0.3, -0.25) is 4.79 Å². The molecule has 1 aliphatic carbocycles. The lowest BCUT2D eigenvalue weighted by molar-refractivity contribution is -0.137. The predicted octanol–water partition coefficient (Wildman–Crippen LogP) is 4.82. The van der Waals surface area contributed by atoms with Gasteiger partial charge in [-0.15, -0.1) is 0 Å². The minimum atomic E-state index is -4.57. The van der Waals surface area contributed by atoms with E-state index in [4.69, 9.17) is 0 Å². The Morgan fingerprint density at radius 3 is 2.81 bits per heavy atom. The zero-order valence-corrected chi connectivity index (χ0v) is 19.0. The molecule has 1 aromatic carbocycles. The molecule has 180 valence electrons. The quantitative estimate of drug-likeness (QED) is 0.420. The molecule has 5 rings (SSSR count). The first-order valence-electron chi connectivity index (χ1n) is 11.0. The average Bonchev–Trinajstić information content (AvgIpc) is 3.53. The number of hydrogen-bond acceptors (Lipinski definition) is 4. The third-order valence-corrected chi connectivity index (χ3v) is 5.76. The Hall–Kier alpha value is -4.65. The van der Waals surface area contributed by atoms with Crippen molar-refractivity contribution < 1.29 is 18.0 Å². The molecule has 0 bridgehead atoms. The molecule has 1 amide bonds. The Labute approximate surface area is 204 Å². The monoisotopic (exact) mass is 488 g/mol. The maximum Gasteiger partial charge on any atom is 0.416 e. The van der Waals surface area contributed by atoms with Gasteiger partial charge in [-0.05, 0) is 43.2 Å². The van der Waals surface area contributed by atoms with Crippen LogP contribution in [0.2, 0.25) is 0 Å². The third-order valence-electron chi connectivity index (χ3n) is 5.76. The topological polar surface area (TPSA) is 77.1 Å². The molecule has 0 spiro atoms. The summed E-state index contributed by atoms with van der Waals surface area (Å²) in [5.74, 6) is 5.17. The number of nitrogens with one attached hydrogen (secondary N) is 1. The first kappa shape index (κ1) is 23.1. The molecule has 0 fully saturated rings. The van der Waals surface area contributed by atoms with E-state index >= 15 is 0 Å². The summed E-state index contributed by atoms with van der Waals surface area (Å²) in [6.07, 6.45) is 8.72. The first-order chi connectivity index (χ1) is 17.3. The molecule has 1 unspecified atom stereocenters. The van der Waals surface area contributed by atoms with Crippen molar-refractivity contribution in [2.24, 2.45) is 5.92 Å². The number of aromatic nitrogens is 5. The van der Waals surface area contributed by atoms with Crippen LogP contribution in [0.15, 0.2) is 84.9 Å². The molecule has 0 saturated heterocycles. The summed E-state index contributed by atoms with van der Waals surface area (Å²) in [6, 6.07) is 5.17. The largest absolute Gasteiger partial charge is 0.416 e. The number of alkyl halides is 3.